The highest BCUT2D eigenvalue weighted by Gasteiger charge is 2.14. The van der Waals surface area contributed by atoms with Gasteiger partial charge in [0.05, 0.1) is 12.6 Å². The first-order valence-electron chi connectivity index (χ1n) is 6.11. The van der Waals surface area contributed by atoms with E-state index < -0.39 is 0 Å². The van der Waals surface area contributed by atoms with Crippen molar-refractivity contribution in [2.45, 2.75) is 43.5 Å². The van der Waals surface area contributed by atoms with E-state index in [4.69, 9.17) is 10.5 Å². The zero-order valence-electron chi connectivity index (χ0n) is 9.92. The predicted molar refractivity (Wildman–Crippen MR) is 65.8 cm³/mol. The van der Waals surface area contributed by atoms with Crippen LogP contribution >= 0.6 is 11.8 Å². The minimum absolute atomic E-state index is 0.482. The highest BCUT2D eigenvalue weighted by Crippen LogP contribution is 2.20. The second-order valence-corrected chi connectivity index (χ2v) is 5.16. The SMILES string of the molecule is NCCn1nnnc1SCCCC1CCCO1. The van der Waals surface area contributed by atoms with Gasteiger partial charge in [0.15, 0.2) is 0 Å². The third-order valence-corrected chi connectivity index (χ3v) is 3.81. The van der Waals surface area contributed by atoms with Gasteiger partial charge in [-0.1, -0.05) is 11.8 Å². The molecule has 1 atom stereocenters. The number of nitrogens with two attached hydrogens (primary N) is 1. The smallest absolute Gasteiger partial charge is 0.209 e. The summed E-state index contributed by atoms with van der Waals surface area (Å²) in [6.45, 7) is 2.18. The molecular weight excluding hydrogens is 238 g/mol. The lowest BCUT2D eigenvalue weighted by molar-refractivity contribution is 0.104. The lowest BCUT2D eigenvalue weighted by atomic mass is 10.1. The third-order valence-electron chi connectivity index (χ3n) is 2.77. The molecule has 2 heterocycles. The summed E-state index contributed by atoms with van der Waals surface area (Å²) in [5, 5.41) is 12.4. The van der Waals surface area contributed by atoms with Gasteiger partial charge in [-0.2, -0.15) is 0 Å². The first-order valence-corrected chi connectivity index (χ1v) is 7.09. The quantitative estimate of drug-likeness (QED) is 0.572. The Morgan fingerprint density at radius 3 is 3.24 bits per heavy atom. The van der Waals surface area contributed by atoms with Gasteiger partial charge in [-0.05, 0) is 36.1 Å². The molecule has 1 aliphatic heterocycles. The van der Waals surface area contributed by atoms with Crippen LogP contribution in [0.15, 0.2) is 5.16 Å². The average molecular weight is 257 g/mol. The molecule has 7 heteroatoms. The highest BCUT2D eigenvalue weighted by atomic mass is 32.2. The van der Waals surface area contributed by atoms with Gasteiger partial charge in [-0.25, -0.2) is 4.68 Å². The molecule has 0 saturated carbocycles. The van der Waals surface area contributed by atoms with E-state index in [9.17, 15) is 0 Å². The van der Waals surface area contributed by atoms with Crippen LogP contribution in [-0.4, -0.2) is 45.2 Å². The maximum absolute atomic E-state index is 5.58. The van der Waals surface area contributed by atoms with Gasteiger partial charge in [0.2, 0.25) is 5.16 Å². The van der Waals surface area contributed by atoms with Crippen molar-refractivity contribution in [1.29, 1.82) is 0 Å². The molecule has 0 spiro atoms. The molecule has 0 bridgehead atoms. The van der Waals surface area contributed by atoms with Crippen LogP contribution in [0.5, 0.6) is 0 Å². The van der Waals surface area contributed by atoms with Crippen LogP contribution < -0.4 is 5.73 Å². The Bertz CT molecular complexity index is 326. The minimum atomic E-state index is 0.482. The summed E-state index contributed by atoms with van der Waals surface area (Å²) < 4.78 is 7.34. The molecule has 1 saturated heterocycles. The Balaban J connectivity index is 1.65. The molecule has 0 aliphatic carbocycles. The predicted octanol–water partition coefficient (Wildman–Crippen LogP) is 0.683. The number of nitrogens with zero attached hydrogens (tertiary/aromatic N) is 4. The summed E-state index contributed by atoms with van der Waals surface area (Å²) in [4.78, 5) is 0. The van der Waals surface area contributed by atoms with Gasteiger partial charge >= 0.3 is 0 Å². The van der Waals surface area contributed by atoms with E-state index in [-0.39, 0.29) is 0 Å². The minimum Gasteiger partial charge on any atom is -0.378 e. The van der Waals surface area contributed by atoms with E-state index in [1.807, 2.05) is 0 Å². The summed E-state index contributed by atoms with van der Waals surface area (Å²) in [5.41, 5.74) is 5.48. The average Bonchev–Trinajstić information content (AvgIpc) is 2.96. The maximum atomic E-state index is 5.58. The summed E-state index contributed by atoms with van der Waals surface area (Å²) in [6, 6.07) is 0. The molecule has 96 valence electrons. The van der Waals surface area contributed by atoms with Gasteiger partial charge in [0.1, 0.15) is 0 Å². The maximum Gasteiger partial charge on any atom is 0.209 e. The molecule has 0 radical (unpaired) electrons. The number of thioether (sulfide) groups is 1. The Kier molecular flexibility index (Phi) is 5.21. The number of ether oxygens (including phenoxy) is 1. The first-order chi connectivity index (χ1) is 8.40. The van der Waals surface area contributed by atoms with Crippen molar-refractivity contribution < 1.29 is 4.74 Å². The molecule has 0 aromatic carbocycles. The molecule has 6 nitrogen and oxygen atoms in total. The van der Waals surface area contributed by atoms with Gasteiger partial charge < -0.3 is 10.5 Å². The van der Waals surface area contributed by atoms with Crippen molar-refractivity contribution in [3.8, 4) is 0 Å². The summed E-state index contributed by atoms with van der Waals surface area (Å²) in [7, 11) is 0. The first kappa shape index (κ1) is 12.8. The fraction of sp³-hybridized carbons (Fsp3) is 0.900. The van der Waals surface area contributed by atoms with Crippen molar-refractivity contribution >= 4 is 11.8 Å². The van der Waals surface area contributed by atoms with Crippen molar-refractivity contribution in [3.05, 3.63) is 0 Å². The monoisotopic (exact) mass is 257 g/mol. The van der Waals surface area contributed by atoms with Crippen LogP contribution in [-0.2, 0) is 11.3 Å². The fourth-order valence-corrected chi connectivity index (χ4v) is 2.77. The Morgan fingerprint density at radius 2 is 2.47 bits per heavy atom. The van der Waals surface area contributed by atoms with E-state index in [0.29, 0.717) is 19.2 Å². The van der Waals surface area contributed by atoms with Crippen LogP contribution in [0.3, 0.4) is 0 Å². The van der Waals surface area contributed by atoms with Gasteiger partial charge in [-0.3, -0.25) is 0 Å². The van der Waals surface area contributed by atoms with Crippen molar-refractivity contribution in [2.75, 3.05) is 18.9 Å². The zero-order valence-corrected chi connectivity index (χ0v) is 10.7. The number of rotatable bonds is 7. The van der Waals surface area contributed by atoms with Crippen LogP contribution in [0.2, 0.25) is 0 Å². The molecule has 1 fully saturated rings. The van der Waals surface area contributed by atoms with E-state index >= 15 is 0 Å². The molecule has 1 aromatic heterocycles. The van der Waals surface area contributed by atoms with E-state index in [2.05, 4.69) is 15.5 Å². The lowest BCUT2D eigenvalue weighted by Crippen LogP contribution is -2.12. The van der Waals surface area contributed by atoms with Crippen LogP contribution in [0, 0.1) is 0 Å². The van der Waals surface area contributed by atoms with Crippen LogP contribution in [0.1, 0.15) is 25.7 Å². The molecule has 2 rings (SSSR count). The fourth-order valence-electron chi connectivity index (χ4n) is 1.91. The third kappa shape index (κ3) is 3.93. The number of aromatic nitrogens is 4. The van der Waals surface area contributed by atoms with Crippen LogP contribution in [0.25, 0.3) is 0 Å². The molecule has 17 heavy (non-hydrogen) atoms. The Morgan fingerprint density at radius 1 is 1.53 bits per heavy atom. The Labute approximate surface area is 105 Å². The second kappa shape index (κ2) is 6.93. The molecule has 2 N–H and O–H groups in total. The lowest BCUT2D eigenvalue weighted by Gasteiger charge is -2.08. The zero-order chi connectivity index (χ0) is 11.9. The van der Waals surface area contributed by atoms with Gasteiger partial charge in [-0.15, -0.1) is 5.10 Å². The highest BCUT2D eigenvalue weighted by molar-refractivity contribution is 7.99. The van der Waals surface area contributed by atoms with E-state index in [0.717, 1.165) is 30.4 Å². The topological polar surface area (TPSA) is 78.9 Å². The van der Waals surface area contributed by atoms with E-state index in [1.165, 1.54) is 12.8 Å². The number of hydrogen-bond donors (Lipinski definition) is 1. The largest absolute Gasteiger partial charge is 0.378 e. The van der Waals surface area contributed by atoms with E-state index in [1.54, 1.807) is 16.4 Å². The van der Waals surface area contributed by atoms with Crippen molar-refractivity contribution in [2.24, 2.45) is 5.73 Å². The summed E-state index contributed by atoms with van der Waals surface area (Å²) >= 11 is 1.69. The number of hydrogen-bond acceptors (Lipinski definition) is 6. The molecule has 0 amide bonds. The van der Waals surface area contributed by atoms with Gasteiger partial charge in [0, 0.05) is 18.9 Å². The number of tetrazole rings is 1. The Hall–Kier alpha value is -0.660. The summed E-state index contributed by atoms with van der Waals surface area (Å²) in [6.07, 6.45) is 5.20. The molecule has 1 aliphatic rings. The normalized spacial score (nSPS) is 19.9. The standard InChI is InChI=1S/C10H19N5OS/c11-5-6-15-10(12-13-14-15)17-8-2-4-9-3-1-7-16-9/h9H,1-8,11H2. The van der Waals surface area contributed by atoms with Crippen molar-refractivity contribution in [3.63, 3.8) is 0 Å². The second-order valence-electron chi connectivity index (χ2n) is 4.10. The summed E-state index contributed by atoms with van der Waals surface area (Å²) in [5.74, 6) is 1.03. The molecule has 1 unspecified atom stereocenters. The van der Waals surface area contributed by atoms with Crippen LogP contribution in [0.4, 0.5) is 0 Å². The molecule has 1 aromatic rings. The van der Waals surface area contributed by atoms with Crippen molar-refractivity contribution in [1.82, 2.24) is 20.2 Å². The molecular formula is C10H19N5OS. The van der Waals surface area contributed by atoms with Gasteiger partial charge in [0.25, 0.3) is 0 Å².